The number of hydrogen-bond donors (Lipinski definition) is 1. The number of ether oxygens (including phenoxy) is 2. The molecule has 2 N–H and O–H groups in total. The molecule has 0 aliphatic heterocycles. The molecular formula is C12H14N2O3. The summed E-state index contributed by atoms with van der Waals surface area (Å²) in [5.74, 6) is 1.57. The first kappa shape index (κ1) is 11.3. The molecule has 0 radical (unpaired) electrons. The van der Waals surface area contributed by atoms with Crippen LogP contribution in [0, 0.1) is 6.92 Å². The Kier molecular flexibility index (Phi) is 2.91. The van der Waals surface area contributed by atoms with Gasteiger partial charge in [0.25, 0.3) is 0 Å². The van der Waals surface area contributed by atoms with Gasteiger partial charge in [0.05, 0.1) is 14.2 Å². The number of methoxy groups -OCH3 is 2. The van der Waals surface area contributed by atoms with E-state index in [1.165, 1.54) is 0 Å². The molecule has 0 saturated carbocycles. The van der Waals surface area contributed by atoms with E-state index in [-0.39, 0.29) is 0 Å². The highest BCUT2D eigenvalue weighted by Gasteiger charge is 2.18. The lowest BCUT2D eigenvalue weighted by Gasteiger charge is -2.10. The molecule has 2 aromatic rings. The van der Waals surface area contributed by atoms with E-state index in [4.69, 9.17) is 19.7 Å². The molecule has 2 rings (SSSR count). The maximum absolute atomic E-state index is 5.64. The van der Waals surface area contributed by atoms with Gasteiger partial charge in [-0.1, -0.05) is 11.2 Å². The maximum Gasteiger partial charge on any atom is 0.225 e. The molecule has 1 aromatic heterocycles. The van der Waals surface area contributed by atoms with Crippen LogP contribution in [0.3, 0.4) is 0 Å². The molecule has 90 valence electrons. The number of nitrogen functional groups attached to an aromatic ring is 1. The summed E-state index contributed by atoms with van der Waals surface area (Å²) in [5, 5.41) is 3.93. The van der Waals surface area contributed by atoms with E-state index in [1.807, 2.05) is 25.1 Å². The fourth-order valence-electron chi connectivity index (χ4n) is 1.67. The lowest BCUT2D eigenvalue weighted by molar-refractivity contribution is 0.355. The third-order valence-corrected chi connectivity index (χ3v) is 2.62. The lowest BCUT2D eigenvalue weighted by Crippen LogP contribution is -1.94. The Morgan fingerprint density at radius 1 is 1.24 bits per heavy atom. The van der Waals surface area contributed by atoms with Gasteiger partial charge in [0, 0.05) is 11.1 Å². The summed E-state index contributed by atoms with van der Waals surface area (Å²) in [7, 11) is 3.17. The van der Waals surface area contributed by atoms with Gasteiger partial charge in [-0.15, -0.1) is 0 Å². The minimum Gasteiger partial charge on any atom is -0.493 e. The van der Waals surface area contributed by atoms with Crippen LogP contribution in [0.15, 0.2) is 22.7 Å². The molecule has 0 fully saturated rings. The van der Waals surface area contributed by atoms with Gasteiger partial charge in [0.15, 0.2) is 11.5 Å². The first-order valence-electron chi connectivity index (χ1n) is 5.12. The second-order valence-corrected chi connectivity index (χ2v) is 3.56. The molecule has 0 aliphatic carbocycles. The van der Waals surface area contributed by atoms with Gasteiger partial charge < -0.3 is 19.7 Å². The summed E-state index contributed by atoms with van der Waals surface area (Å²) in [6.07, 6.45) is 0. The zero-order valence-electron chi connectivity index (χ0n) is 9.98. The summed E-state index contributed by atoms with van der Waals surface area (Å²) in [6, 6.07) is 5.56. The van der Waals surface area contributed by atoms with Crippen molar-refractivity contribution in [3.05, 3.63) is 23.8 Å². The SMILES string of the molecule is COc1cccc(-c2noc(N)c2C)c1OC. The molecule has 5 nitrogen and oxygen atoms in total. The molecule has 0 spiro atoms. The van der Waals surface area contributed by atoms with Crippen LogP contribution < -0.4 is 15.2 Å². The van der Waals surface area contributed by atoms with Crippen LogP contribution in [0.5, 0.6) is 11.5 Å². The van der Waals surface area contributed by atoms with Crippen LogP contribution in [-0.2, 0) is 0 Å². The Labute approximate surface area is 99.1 Å². The zero-order chi connectivity index (χ0) is 12.4. The number of aromatic nitrogens is 1. The highest BCUT2D eigenvalue weighted by molar-refractivity contribution is 5.75. The largest absolute Gasteiger partial charge is 0.493 e. The van der Waals surface area contributed by atoms with Gasteiger partial charge >= 0.3 is 0 Å². The molecule has 0 atom stereocenters. The second kappa shape index (κ2) is 4.37. The number of nitrogens with zero attached hydrogens (tertiary/aromatic N) is 1. The minimum absolute atomic E-state index is 0.310. The highest BCUT2D eigenvalue weighted by Crippen LogP contribution is 2.39. The van der Waals surface area contributed by atoms with E-state index < -0.39 is 0 Å². The van der Waals surface area contributed by atoms with Crippen LogP contribution >= 0.6 is 0 Å². The van der Waals surface area contributed by atoms with E-state index in [9.17, 15) is 0 Å². The Bertz CT molecular complexity index is 535. The van der Waals surface area contributed by atoms with Gasteiger partial charge in [0.1, 0.15) is 5.69 Å². The minimum atomic E-state index is 0.310. The summed E-state index contributed by atoms with van der Waals surface area (Å²) in [4.78, 5) is 0. The average molecular weight is 234 g/mol. The van der Waals surface area contributed by atoms with E-state index in [1.54, 1.807) is 14.2 Å². The van der Waals surface area contributed by atoms with Crippen molar-refractivity contribution >= 4 is 5.88 Å². The van der Waals surface area contributed by atoms with Gasteiger partial charge in [-0.05, 0) is 19.1 Å². The third-order valence-electron chi connectivity index (χ3n) is 2.62. The van der Waals surface area contributed by atoms with Crippen molar-refractivity contribution in [2.45, 2.75) is 6.92 Å². The summed E-state index contributed by atoms with van der Waals surface area (Å²) >= 11 is 0. The van der Waals surface area contributed by atoms with Crippen molar-refractivity contribution in [1.82, 2.24) is 5.16 Å². The topological polar surface area (TPSA) is 70.5 Å². The molecule has 0 bridgehead atoms. The average Bonchev–Trinajstić information content (AvgIpc) is 2.69. The van der Waals surface area contributed by atoms with Crippen LogP contribution in [0.25, 0.3) is 11.3 Å². The van der Waals surface area contributed by atoms with Crippen LogP contribution in [0.2, 0.25) is 0 Å². The second-order valence-electron chi connectivity index (χ2n) is 3.56. The van der Waals surface area contributed by atoms with Gasteiger partial charge in [-0.2, -0.15) is 0 Å². The smallest absolute Gasteiger partial charge is 0.225 e. The van der Waals surface area contributed by atoms with E-state index in [0.29, 0.717) is 23.1 Å². The number of nitrogens with two attached hydrogens (primary N) is 1. The Balaban J connectivity index is 2.63. The standard InChI is InChI=1S/C12H14N2O3/c1-7-10(14-17-12(7)13)8-5-4-6-9(15-2)11(8)16-3/h4-6H,13H2,1-3H3. The number of hydrogen-bond acceptors (Lipinski definition) is 5. The summed E-state index contributed by atoms with van der Waals surface area (Å²) in [6.45, 7) is 1.85. The normalized spacial score (nSPS) is 10.3. The molecule has 5 heteroatoms. The molecule has 0 unspecified atom stereocenters. The third kappa shape index (κ3) is 1.80. The fraction of sp³-hybridized carbons (Fsp3) is 0.250. The van der Waals surface area contributed by atoms with E-state index in [2.05, 4.69) is 5.16 Å². The van der Waals surface area contributed by atoms with Crippen molar-refractivity contribution < 1.29 is 14.0 Å². The van der Waals surface area contributed by atoms with Gasteiger partial charge in [0.2, 0.25) is 5.88 Å². The predicted molar refractivity (Wildman–Crippen MR) is 64.2 cm³/mol. The first-order valence-corrected chi connectivity index (χ1v) is 5.12. The molecule has 1 aromatic carbocycles. The molecular weight excluding hydrogens is 220 g/mol. The van der Waals surface area contributed by atoms with Crippen molar-refractivity contribution in [3.63, 3.8) is 0 Å². The van der Waals surface area contributed by atoms with Crippen molar-refractivity contribution in [3.8, 4) is 22.8 Å². The molecule has 1 heterocycles. The Hall–Kier alpha value is -2.17. The number of benzene rings is 1. The number of anilines is 1. The predicted octanol–water partition coefficient (Wildman–Crippen LogP) is 2.25. The molecule has 0 aliphatic rings. The lowest BCUT2D eigenvalue weighted by atomic mass is 10.1. The Morgan fingerprint density at radius 2 is 2.00 bits per heavy atom. The molecule has 0 amide bonds. The maximum atomic E-state index is 5.64. The summed E-state index contributed by atoms with van der Waals surface area (Å²) < 4.78 is 15.5. The van der Waals surface area contributed by atoms with Crippen LogP contribution in [0.1, 0.15) is 5.56 Å². The number of rotatable bonds is 3. The van der Waals surface area contributed by atoms with E-state index >= 15 is 0 Å². The van der Waals surface area contributed by atoms with E-state index in [0.717, 1.165) is 11.1 Å². The van der Waals surface area contributed by atoms with Crippen LogP contribution in [-0.4, -0.2) is 19.4 Å². The fourth-order valence-corrected chi connectivity index (χ4v) is 1.67. The van der Waals surface area contributed by atoms with Crippen LogP contribution in [0.4, 0.5) is 5.88 Å². The van der Waals surface area contributed by atoms with Gasteiger partial charge in [-0.25, -0.2) is 0 Å². The van der Waals surface area contributed by atoms with Crippen molar-refractivity contribution in [2.75, 3.05) is 20.0 Å². The molecule has 0 saturated heterocycles. The monoisotopic (exact) mass is 234 g/mol. The number of para-hydroxylation sites is 1. The first-order chi connectivity index (χ1) is 8.19. The molecule has 17 heavy (non-hydrogen) atoms. The van der Waals surface area contributed by atoms with Gasteiger partial charge in [-0.3, -0.25) is 0 Å². The Morgan fingerprint density at radius 3 is 2.53 bits per heavy atom. The zero-order valence-corrected chi connectivity index (χ0v) is 9.98. The highest BCUT2D eigenvalue weighted by atomic mass is 16.5. The summed E-state index contributed by atoms with van der Waals surface area (Å²) in [5.41, 5.74) is 7.89. The van der Waals surface area contributed by atoms with Crippen molar-refractivity contribution in [2.24, 2.45) is 0 Å². The van der Waals surface area contributed by atoms with Crippen molar-refractivity contribution in [1.29, 1.82) is 0 Å². The quantitative estimate of drug-likeness (QED) is 0.881.